The van der Waals surface area contributed by atoms with Crippen molar-refractivity contribution in [2.45, 2.75) is 27.3 Å². The molecule has 3 aromatic rings. The van der Waals surface area contributed by atoms with E-state index in [-0.39, 0.29) is 34.2 Å². The van der Waals surface area contributed by atoms with Gasteiger partial charge in [0.1, 0.15) is 21.4 Å². The van der Waals surface area contributed by atoms with E-state index in [1.54, 1.807) is 18.4 Å². The molecule has 16 heteroatoms. The fraction of sp³-hybridized carbons (Fsp3) is 0.400. The molecule has 0 spiro atoms. The minimum Gasteiger partial charge on any atom is -0.462 e. The van der Waals surface area contributed by atoms with Crippen LogP contribution in [0.3, 0.4) is 0 Å². The summed E-state index contributed by atoms with van der Waals surface area (Å²) in [5.41, 5.74) is 0.958. The van der Waals surface area contributed by atoms with Crippen LogP contribution in [-0.4, -0.2) is 75.2 Å². The first-order valence-corrected chi connectivity index (χ1v) is 16.5. The van der Waals surface area contributed by atoms with Gasteiger partial charge in [-0.1, -0.05) is 27.3 Å². The zero-order valence-corrected chi connectivity index (χ0v) is 26.7. The molecule has 2 aromatic heterocycles. The molecule has 1 aromatic carbocycles. The van der Waals surface area contributed by atoms with E-state index in [1.807, 2.05) is 18.2 Å². The number of benzene rings is 1. The second-order valence-electron chi connectivity index (χ2n) is 8.43. The first kappa shape index (κ1) is 32.6. The molecule has 0 bridgehead atoms. The summed E-state index contributed by atoms with van der Waals surface area (Å²) in [4.78, 5) is 54.7. The van der Waals surface area contributed by atoms with Crippen LogP contribution in [0.1, 0.15) is 39.4 Å². The van der Waals surface area contributed by atoms with E-state index in [9.17, 15) is 27.6 Å². The first-order valence-electron chi connectivity index (χ1n) is 12.2. The maximum atomic E-state index is 12.8. The van der Waals surface area contributed by atoms with Gasteiger partial charge in [0.15, 0.2) is 14.6 Å². The van der Waals surface area contributed by atoms with Gasteiger partial charge in [0.25, 0.3) is 5.91 Å². The summed E-state index contributed by atoms with van der Waals surface area (Å²) in [5, 5.41) is 2.31. The monoisotopic (exact) mass is 689 g/mol. The molecule has 0 saturated heterocycles. The number of thiophene rings is 1. The van der Waals surface area contributed by atoms with Gasteiger partial charge in [-0.2, -0.15) is 4.99 Å². The molecule has 1 N–H and O–H groups in total. The van der Waals surface area contributed by atoms with Crippen LogP contribution in [0.5, 0.6) is 0 Å². The molecule has 41 heavy (non-hydrogen) atoms. The average Bonchev–Trinajstić information content (AvgIpc) is 3.37. The largest absolute Gasteiger partial charge is 0.462 e. The number of anilines is 1. The highest BCUT2D eigenvalue weighted by Crippen LogP contribution is 2.34. The summed E-state index contributed by atoms with van der Waals surface area (Å²) in [6, 6.07) is 5.55. The summed E-state index contributed by atoms with van der Waals surface area (Å²) in [7, 11) is -2.72. The minimum absolute atomic E-state index is 0.0405. The van der Waals surface area contributed by atoms with Crippen LogP contribution >= 0.6 is 38.6 Å². The molecular weight excluding hydrogens is 662 g/mol. The lowest BCUT2D eigenvalue weighted by Gasteiger charge is -2.07. The van der Waals surface area contributed by atoms with E-state index in [4.69, 9.17) is 14.2 Å². The van der Waals surface area contributed by atoms with Crippen molar-refractivity contribution in [2.24, 2.45) is 4.99 Å². The Balaban J connectivity index is 1.82. The van der Waals surface area contributed by atoms with Crippen LogP contribution in [0.2, 0.25) is 0 Å². The van der Waals surface area contributed by atoms with E-state index in [1.165, 1.54) is 25.4 Å². The van der Waals surface area contributed by atoms with Crippen LogP contribution in [0.4, 0.5) is 5.00 Å². The molecule has 2 heterocycles. The summed E-state index contributed by atoms with van der Waals surface area (Å²) < 4.78 is 44.1. The van der Waals surface area contributed by atoms with Crippen LogP contribution in [0.25, 0.3) is 10.2 Å². The summed E-state index contributed by atoms with van der Waals surface area (Å²) in [5.74, 6) is -5.49. The number of amides is 2. The van der Waals surface area contributed by atoms with Crippen molar-refractivity contribution >= 4 is 87.4 Å². The molecule has 0 aliphatic rings. The number of hydrogen-bond acceptors (Lipinski definition) is 11. The Hall–Kier alpha value is -2.92. The number of thiazole rings is 1. The lowest BCUT2D eigenvalue weighted by atomic mass is 10.1. The van der Waals surface area contributed by atoms with Crippen LogP contribution in [0, 0.1) is 6.92 Å². The summed E-state index contributed by atoms with van der Waals surface area (Å²) in [6.45, 7) is 5.57. The number of fused-ring (bicyclic) bond motifs is 1. The molecule has 222 valence electrons. The Morgan fingerprint density at radius 2 is 1.73 bits per heavy atom. The van der Waals surface area contributed by atoms with E-state index in [2.05, 4.69) is 26.2 Å². The van der Waals surface area contributed by atoms with Crippen molar-refractivity contribution in [3.05, 3.63) is 43.5 Å². The Kier molecular flexibility index (Phi) is 11.4. The van der Waals surface area contributed by atoms with Crippen molar-refractivity contribution in [3.8, 4) is 0 Å². The molecule has 0 radical (unpaired) electrons. The molecule has 0 fully saturated rings. The van der Waals surface area contributed by atoms with Crippen LogP contribution in [0.15, 0.2) is 27.7 Å². The summed E-state index contributed by atoms with van der Waals surface area (Å²) in [6.07, 6.45) is 0. The molecule has 0 saturated carbocycles. The molecule has 3 rings (SSSR count). The molecule has 0 aliphatic carbocycles. The Morgan fingerprint density at radius 3 is 2.39 bits per heavy atom. The Labute approximate surface area is 252 Å². The standard InChI is InChI=1S/C25H28BrN3O9S3/c1-5-37-23(32)20-14(3)21(24(33)38-6-2)40-22(20)27-18(30)12-41(34,35)13-19(31)28-25-29(9-10-36-4)16-8-7-15(26)11-17(16)39-25/h7-8,11H,5-6,9-10,12-13H2,1-4H3,(H,27,30). The van der Waals surface area contributed by atoms with Gasteiger partial charge in [0.05, 0.1) is 35.6 Å². The lowest BCUT2D eigenvalue weighted by molar-refractivity contribution is -0.115. The van der Waals surface area contributed by atoms with Crippen molar-refractivity contribution in [3.63, 3.8) is 0 Å². The Morgan fingerprint density at radius 1 is 1.05 bits per heavy atom. The van der Waals surface area contributed by atoms with Gasteiger partial charge < -0.3 is 24.1 Å². The van der Waals surface area contributed by atoms with Crippen molar-refractivity contribution in [1.82, 2.24) is 4.57 Å². The van der Waals surface area contributed by atoms with E-state index in [0.29, 0.717) is 18.0 Å². The number of hydrogen-bond donors (Lipinski definition) is 1. The van der Waals surface area contributed by atoms with Gasteiger partial charge in [-0.3, -0.25) is 9.59 Å². The third-order valence-electron chi connectivity index (χ3n) is 5.42. The number of carbonyl (C=O) groups excluding carboxylic acids is 4. The fourth-order valence-corrected chi connectivity index (χ4v) is 7.46. The maximum absolute atomic E-state index is 12.8. The zero-order chi connectivity index (χ0) is 30.3. The van der Waals surface area contributed by atoms with E-state index in [0.717, 1.165) is 26.0 Å². The normalized spacial score (nSPS) is 12.0. The molecule has 0 atom stereocenters. The fourth-order valence-electron chi connectivity index (χ4n) is 3.71. The zero-order valence-electron chi connectivity index (χ0n) is 22.6. The number of rotatable bonds is 12. The predicted molar refractivity (Wildman–Crippen MR) is 158 cm³/mol. The van der Waals surface area contributed by atoms with Gasteiger partial charge in [-0.15, -0.1) is 11.3 Å². The van der Waals surface area contributed by atoms with E-state index < -0.39 is 45.1 Å². The highest BCUT2D eigenvalue weighted by Gasteiger charge is 2.29. The second-order valence-corrected chi connectivity index (χ2v) is 13.4. The number of aromatic nitrogens is 1. The number of ether oxygens (including phenoxy) is 3. The first-order chi connectivity index (χ1) is 19.4. The second kappa shape index (κ2) is 14.3. The SMILES string of the molecule is CCOC(=O)c1sc(NC(=O)CS(=O)(=O)CC(=O)N=c2sc3cc(Br)ccc3n2CCOC)c(C(=O)OCC)c1C. The van der Waals surface area contributed by atoms with Gasteiger partial charge >= 0.3 is 11.9 Å². The minimum atomic E-state index is -4.25. The number of methoxy groups -OCH3 is 1. The number of sulfone groups is 1. The number of nitrogens with one attached hydrogen (secondary N) is 1. The molecule has 0 unspecified atom stereocenters. The quantitative estimate of drug-likeness (QED) is 0.282. The summed E-state index contributed by atoms with van der Waals surface area (Å²) >= 11 is 5.38. The van der Waals surface area contributed by atoms with Gasteiger partial charge in [0, 0.05) is 18.1 Å². The number of esters is 2. The van der Waals surface area contributed by atoms with Crippen molar-refractivity contribution < 1.29 is 41.8 Å². The molecular formula is C25H28BrN3O9S3. The molecule has 2 amide bonds. The maximum Gasteiger partial charge on any atom is 0.348 e. The average molecular weight is 691 g/mol. The van der Waals surface area contributed by atoms with E-state index >= 15 is 0 Å². The van der Waals surface area contributed by atoms with Crippen molar-refractivity contribution in [2.75, 3.05) is 43.8 Å². The Bertz CT molecular complexity index is 1660. The lowest BCUT2D eigenvalue weighted by Crippen LogP contribution is -2.28. The molecule has 12 nitrogen and oxygen atoms in total. The van der Waals surface area contributed by atoms with Crippen molar-refractivity contribution in [1.29, 1.82) is 0 Å². The number of halogens is 1. The van der Waals surface area contributed by atoms with Crippen LogP contribution in [-0.2, 0) is 40.2 Å². The third kappa shape index (κ3) is 8.31. The smallest absolute Gasteiger partial charge is 0.348 e. The van der Waals surface area contributed by atoms with Gasteiger partial charge in [-0.25, -0.2) is 18.0 Å². The van der Waals surface area contributed by atoms with Crippen LogP contribution < -0.4 is 10.1 Å². The highest BCUT2D eigenvalue weighted by molar-refractivity contribution is 9.10. The number of carbonyl (C=O) groups is 4. The number of nitrogens with zero attached hydrogens (tertiary/aromatic N) is 2. The molecule has 0 aliphatic heterocycles. The van der Waals surface area contributed by atoms with Gasteiger partial charge in [-0.05, 0) is 44.5 Å². The topological polar surface area (TPSA) is 159 Å². The third-order valence-corrected chi connectivity index (χ3v) is 9.53. The highest BCUT2D eigenvalue weighted by atomic mass is 79.9. The predicted octanol–water partition coefficient (Wildman–Crippen LogP) is 3.32. The van der Waals surface area contributed by atoms with Gasteiger partial charge in [0.2, 0.25) is 5.91 Å².